The summed E-state index contributed by atoms with van der Waals surface area (Å²) >= 11 is 0. The third-order valence-corrected chi connectivity index (χ3v) is 3.09. The highest BCUT2D eigenvalue weighted by molar-refractivity contribution is 5.36. The molecule has 1 aromatic rings. The maximum Gasteiger partial charge on any atom is 0.122 e. The number of ether oxygens (including phenoxy) is 1. The fourth-order valence-electron chi connectivity index (χ4n) is 1.92. The molecule has 1 aliphatic rings. The van der Waals surface area contributed by atoms with Gasteiger partial charge in [0.25, 0.3) is 0 Å². The molecule has 1 fully saturated rings. The first-order valence-corrected chi connectivity index (χ1v) is 5.91. The van der Waals surface area contributed by atoms with Gasteiger partial charge in [0.1, 0.15) is 5.75 Å². The van der Waals surface area contributed by atoms with Crippen LogP contribution in [0.5, 0.6) is 5.75 Å². The lowest BCUT2D eigenvalue weighted by Crippen LogP contribution is -2.28. The van der Waals surface area contributed by atoms with Gasteiger partial charge in [0.15, 0.2) is 0 Å². The van der Waals surface area contributed by atoms with Crippen LogP contribution in [-0.2, 0) is 0 Å². The molecule has 0 bridgehead atoms. The molecule has 1 unspecified atom stereocenters. The van der Waals surface area contributed by atoms with Crippen molar-refractivity contribution < 1.29 is 4.74 Å². The second kappa shape index (κ2) is 5.32. The average Bonchev–Trinajstić information content (AvgIpc) is 3.14. The first-order chi connectivity index (χ1) is 7.85. The quantitative estimate of drug-likeness (QED) is 0.763. The predicted molar refractivity (Wildman–Crippen MR) is 65.8 cm³/mol. The summed E-state index contributed by atoms with van der Waals surface area (Å²) in [6, 6.07) is 8.85. The number of nitrogens with two attached hydrogens (primary N) is 1. The van der Waals surface area contributed by atoms with Gasteiger partial charge in [-0.05, 0) is 24.5 Å². The van der Waals surface area contributed by atoms with E-state index in [1.807, 2.05) is 18.2 Å². The molecule has 3 heteroatoms. The van der Waals surface area contributed by atoms with Crippen molar-refractivity contribution in [2.24, 2.45) is 5.73 Å². The number of benzene rings is 1. The average molecular weight is 220 g/mol. The number of hydrogen-bond acceptors (Lipinski definition) is 3. The Morgan fingerprint density at radius 2 is 2.19 bits per heavy atom. The Balaban J connectivity index is 2.04. The van der Waals surface area contributed by atoms with E-state index in [-0.39, 0.29) is 0 Å². The maximum atomic E-state index is 5.84. The fourth-order valence-corrected chi connectivity index (χ4v) is 1.92. The highest BCUT2D eigenvalue weighted by Gasteiger charge is 2.22. The van der Waals surface area contributed by atoms with Gasteiger partial charge in [0, 0.05) is 25.0 Å². The molecule has 3 N–H and O–H groups in total. The van der Waals surface area contributed by atoms with Crippen molar-refractivity contribution in [1.82, 2.24) is 5.32 Å². The zero-order chi connectivity index (χ0) is 11.4. The Labute approximate surface area is 97.0 Å². The first kappa shape index (κ1) is 11.4. The van der Waals surface area contributed by atoms with Gasteiger partial charge in [0.05, 0.1) is 7.11 Å². The normalized spacial score (nSPS) is 17.1. The van der Waals surface area contributed by atoms with Gasteiger partial charge in [-0.15, -0.1) is 0 Å². The minimum absolute atomic E-state index is 0.344. The van der Waals surface area contributed by atoms with Gasteiger partial charge in [-0.25, -0.2) is 0 Å². The topological polar surface area (TPSA) is 47.3 Å². The Bertz CT molecular complexity index is 336. The lowest BCUT2D eigenvalue weighted by Gasteiger charge is -2.18. The van der Waals surface area contributed by atoms with Crippen LogP contribution < -0.4 is 15.8 Å². The summed E-state index contributed by atoms with van der Waals surface area (Å²) < 4.78 is 5.37. The molecule has 0 amide bonds. The van der Waals surface area contributed by atoms with Crippen LogP contribution >= 0.6 is 0 Å². The molecule has 0 saturated heterocycles. The molecule has 2 rings (SSSR count). The summed E-state index contributed by atoms with van der Waals surface area (Å²) in [6.07, 6.45) is 2.62. The van der Waals surface area contributed by atoms with Gasteiger partial charge in [-0.2, -0.15) is 0 Å². The van der Waals surface area contributed by atoms with E-state index in [2.05, 4.69) is 11.4 Å². The summed E-state index contributed by atoms with van der Waals surface area (Å²) in [6.45, 7) is 1.60. The maximum absolute atomic E-state index is 5.84. The Morgan fingerprint density at radius 1 is 1.44 bits per heavy atom. The standard InChI is InChI=1S/C13H20N2O/c1-16-13-5-3-2-4-12(13)10(8-14)9-15-11-6-7-11/h2-5,10-11,15H,6-9,14H2,1H3. The van der Waals surface area contributed by atoms with Crippen LogP contribution in [0.4, 0.5) is 0 Å². The van der Waals surface area contributed by atoms with E-state index in [1.54, 1.807) is 7.11 Å². The highest BCUT2D eigenvalue weighted by atomic mass is 16.5. The third kappa shape index (κ3) is 2.74. The van der Waals surface area contributed by atoms with E-state index in [0.29, 0.717) is 12.5 Å². The zero-order valence-electron chi connectivity index (χ0n) is 9.78. The number of hydrogen-bond donors (Lipinski definition) is 2. The minimum Gasteiger partial charge on any atom is -0.496 e. The first-order valence-electron chi connectivity index (χ1n) is 5.91. The summed E-state index contributed by atoms with van der Waals surface area (Å²) in [5.41, 5.74) is 7.05. The number of para-hydroxylation sites is 1. The summed E-state index contributed by atoms with van der Waals surface area (Å²) in [4.78, 5) is 0. The van der Waals surface area contributed by atoms with Crippen molar-refractivity contribution in [3.05, 3.63) is 29.8 Å². The molecular formula is C13H20N2O. The molecule has 16 heavy (non-hydrogen) atoms. The minimum atomic E-state index is 0.344. The molecule has 0 aliphatic heterocycles. The van der Waals surface area contributed by atoms with E-state index < -0.39 is 0 Å². The lowest BCUT2D eigenvalue weighted by atomic mass is 9.98. The number of methoxy groups -OCH3 is 1. The molecule has 0 heterocycles. The van der Waals surface area contributed by atoms with Gasteiger partial charge in [-0.1, -0.05) is 18.2 Å². The summed E-state index contributed by atoms with van der Waals surface area (Å²) in [5, 5.41) is 3.52. The van der Waals surface area contributed by atoms with E-state index >= 15 is 0 Å². The highest BCUT2D eigenvalue weighted by Crippen LogP contribution is 2.26. The lowest BCUT2D eigenvalue weighted by molar-refractivity contribution is 0.404. The monoisotopic (exact) mass is 220 g/mol. The van der Waals surface area contributed by atoms with Crippen LogP contribution in [0.2, 0.25) is 0 Å². The van der Waals surface area contributed by atoms with E-state index in [9.17, 15) is 0 Å². The number of nitrogens with one attached hydrogen (secondary N) is 1. The molecule has 0 spiro atoms. The second-order valence-electron chi connectivity index (χ2n) is 4.36. The molecular weight excluding hydrogens is 200 g/mol. The van der Waals surface area contributed by atoms with Crippen LogP contribution in [0.3, 0.4) is 0 Å². The zero-order valence-corrected chi connectivity index (χ0v) is 9.78. The van der Waals surface area contributed by atoms with Gasteiger partial charge < -0.3 is 15.8 Å². The van der Waals surface area contributed by atoms with Crippen molar-refractivity contribution in [3.8, 4) is 5.75 Å². The van der Waals surface area contributed by atoms with Crippen LogP contribution in [-0.4, -0.2) is 26.2 Å². The van der Waals surface area contributed by atoms with Crippen LogP contribution in [0.25, 0.3) is 0 Å². The fraction of sp³-hybridized carbons (Fsp3) is 0.538. The summed E-state index contributed by atoms with van der Waals surface area (Å²) in [7, 11) is 1.71. The molecule has 0 radical (unpaired) electrons. The summed E-state index contributed by atoms with van der Waals surface area (Å²) in [5.74, 6) is 1.28. The van der Waals surface area contributed by atoms with Crippen molar-refractivity contribution in [2.75, 3.05) is 20.2 Å². The second-order valence-corrected chi connectivity index (χ2v) is 4.36. The SMILES string of the molecule is COc1ccccc1C(CN)CNC1CC1. The van der Waals surface area contributed by atoms with Crippen molar-refractivity contribution in [1.29, 1.82) is 0 Å². The molecule has 1 aliphatic carbocycles. The van der Waals surface area contributed by atoms with Crippen molar-refractivity contribution in [3.63, 3.8) is 0 Å². The van der Waals surface area contributed by atoms with Gasteiger partial charge >= 0.3 is 0 Å². The third-order valence-electron chi connectivity index (χ3n) is 3.09. The van der Waals surface area contributed by atoms with Crippen LogP contribution in [0.15, 0.2) is 24.3 Å². The van der Waals surface area contributed by atoms with Gasteiger partial charge in [0.2, 0.25) is 0 Å². The molecule has 88 valence electrons. The molecule has 3 nitrogen and oxygen atoms in total. The van der Waals surface area contributed by atoms with E-state index in [0.717, 1.165) is 18.3 Å². The van der Waals surface area contributed by atoms with Crippen LogP contribution in [0.1, 0.15) is 24.3 Å². The van der Waals surface area contributed by atoms with E-state index in [4.69, 9.17) is 10.5 Å². The Kier molecular flexibility index (Phi) is 3.80. The Hall–Kier alpha value is -1.06. The molecule has 1 aromatic carbocycles. The Morgan fingerprint density at radius 3 is 2.81 bits per heavy atom. The molecule has 0 aromatic heterocycles. The molecule has 1 atom stereocenters. The van der Waals surface area contributed by atoms with E-state index in [1.165, 1.54) is 18.4 Å². The smallest absolute Gasteiger partial charge is 0.122 e. The van der Waals surface area contributed by atoms with Crippen LogP contribution in [0, 0.1) is 0 Å². The van der Waals surface area contributed by atoms with Gasteiger partial charge in [-0.3, -0.25) is 0 Å². The molecule has 1 saturated carbocycles. The largest absolute Gasteiger partial charge is 0.496 e. The van der Waals surface area contributed by atoms with Crippen molar-refractivity contribution >= 4 is 0 Å². The van der Waals surface area contributed by atoms with Crippen molar-refractivity contribution in [2.45, 2.75) is 24.8 Å². The predicted octanol–water partition coefficient (Wildman–Crippen LogP) is 1.49. The number of rotatable bonds is 6.